The van der Waals surface area contributed by atoms with E-state index in [2.05, 4.69) is 4.74 Å². The van der Waals surface area contributed by atoms with Gasteiger partial charge in [-0.15, -0.1) is 0 Å². The van der Waals surface area contributed by atoms with Crippen molar-refractivity contribution in [1.29, 1.82) is 0 Å². The summed E-state index contributed by atoms with van der Waals surface area (Å²) < 4.78 is 9.90. The summed E-state index contributed by atoms with van der Waals surface area (Å²) in [5, 5.41) is 0. The van der Waals surface area contributed by atoms with Crippen molar-refractivity contribution in [2.45, 2.75) is 12.8 Å². The summed E-state index contributed by atoms with van der Waals surface area (Å²) in [7, 11) is 2.74. The van der Waals surface area contributed by atoms with Crippen molar-refractivity contribution >= 4 is 17.6 Å². The number of fused-ring (bicyclic) bond motifs is 1. The molecule has 1 amide bonds. The molecule has 1 aromatic rings. The van der Waals surface area contributed by atoms with E-state index >= 15 is 0 Å². The molecule has 0 bridgehead atoms. The van der Waals surface area contributed by atoms with Crippen molar-refractivity contribution in [3.05, 3.63) is 23.8 Å². The molecule has 1 aliphatic heterocycles. The third kappa shape index (κ3) is 2.30. The number of rotatable bonds is 1. The van der Waals surface area contributed by atoms with Gasteiger partial charge in [0.05, 0.1) is 13.7 Å². The molecule has 0 saturated carbocycles. The number of nitrogens with zero attached hydrogens (tertiary/aromatic N) is 1. The van der Waals surface area contributed by atoms with Crippen molar-refractivity contribution in [1.82, 2.24) is 0 Å². The summed E-state index contributed by atoms with van der Waals surface area (Å²) in [5.41, 5.74) is 1.72. The predicted octanol–water partition coefficient (Wildman–Crippen LogP) is 1.15. The highest BCUT2D eigenvalue weighted by molar-refractivity contribution is 6.37. The number of ether oxygens (including phenoxy) is 2. The van der Waals surface area contributed by atoms with Gasteiger partial charge in [-0.25, -0.2) is 4.79 Å². The van der Waals surface area contributed by atoms with E-state index in [0.717, 1.165) is 30.8 Å². The average molecular weight is 249 g/mol. The first kappa shape index (κ1) is 12.4. The third-order valence-corrected chi connectivity index (χ3v) is 2.94. The van der Waals surface area contributed by atoms with E-state index < -0.39 is 11.9 Å². The molecule has 0 saturated heterocycles. The first-order valence-corrected chi connectivity index (χ1v) is 5.75. The van der Waals surface area contributed by atoms with Crippen LogP contribution in [0.4, 0.5) is 5.69 Å². The SMILES string of the molecule is COC(=O)C(=O)N(C)c1ccc2c(c1)CCCO2. The number of hydrogen-bond acceptors (Lipinski definition) is 4. The van der Waals surface area contributed by atoms with Crippen LogP contribution in [0.15, 0.2) is 18.2 Å². The van der Waals surface area contributed by atoms with E-state index in [1.807, 2.05) is 12.1 Å². The van der Waals surface area contributed by atoms with E-state index in [1.165, 1.54) is 12.0 Å². The Morgan fingerprint density at radius 2 is 2.17 bits per heavy atom. The van der Waals surface area contributed by atoms with E-state index in [0.29, 0.717) is 5.69 Å². The molecule has 1 aliphatic rings. The fourth-order valence-electron chi connectivity index (χ4n) is 1.90. The first-order chi connectivity index (χ1) is 8.63. The summed E-state index contributed by atoms with van der Waals surface area (Å²) in [4.78, 5) is 24.1. The van der Waals surface area contributed by atoms with Gasteiger partial charge < -0.3 is 14.4 Å². The molecule has 2 rings (SSSR count). The van der Waals surface area contributed by atoms with Gasteiger partial charge in [-0.05, 0) is 36.6 Å². The maximum absolute atomic E-state index is 11.7. The number of aryl methyl sites for hydroxylation is 1. The molecule has 0 radical (unpaired) electrons. The Labute approximate surface area is 105 Å². The standard InChI is InChI=1S/C13H15NO4/c1-14(12(15)13(16)17-2)10-5-6-11-9(8-10)4-3-7-18-11/h5-6,8H,3-4,7H2,1-2H3. The number of hydrogen-bond donors (Lipinski definition) is 0. The molecular weight excluding hydrogens is 234 g/mol. The molecular formula is C13H15NO4. The van der Waals surface area contributed by atoms with Gasteiger partial charge in [0.25, 0.3) is 0 Å². The van der Waals surface area contributed by atoms with Crippen LogP contribution < -0.4 is 9.64 Å². The Balaban J connectivity index is 2.23. The van der Waals surface area contributed by atoms with E-state index in [9.17, 15) is 9.59 Å². The summed E-state index contributed by atoms with van der Waals surface area (Å²) >= 11 is 0. The van der Waals surface area contributed by atoms with E-state index in [1.54, 1.807) is 13.1 Å². The monoisotopic (exact) mass is 249 g/mol. The number of esters is 1. The van der Waals surface area contributed by atoms with Gasteiger partial charge in [0.15, 0.2) is 0 Å². The second kappa shape index (κ2) is 5.08. The van der Waals surface area contributed by atoms with Gasteiger partial charge in [0, 0.05) is 12.7 Å². The van der Waals surface area contributed by atoms with Crippen molar-refractivity contribution in [2.75, 3.05) is 25.7 Å². The van der Waals surface area contributed by atoms with Crippen LogP contribution in [0.3, 0.4) is 0 Å². The van der Waals surface area contributed by atoms with Crippen molar-refractivity contribution in [2.24, 2.45) is 0 Å². The smallest absolute Gasteiger partial charge is 0.397 e. The van der Waals surface area contributed by atoms with Gasteiger partial charge in [0.2, 0.25) is 0 Å². The van der Waals surface area contributed by atoms with Gasteiger partial charge in [-0.1, -0.05) is 0 Å². The molecule has 5 heteroatoms. The minimum absolute atomic E-state index is 0.662. The molecule has 0 unspecified atom stereocenters. The second-order valence-electron chi connectivity index (χ2n) is 4.10. The van der Waals surface area contributed by atoms with Crippen molar-refractivity contribution in [3.63, 3.8) is 0 Å². The molecule has 5 nitrogen and oxygen atoms in total. The number of carbonyl (C=O) groups is 2. The number of likely N-dealkylation sites (N-methyl/N-ethyl adjacent to an activating group) is 1. The van der Waals surface area contributed by atoms with E-state index in [-0.39, 0.29) is 0 Å². The third-order valence-electron chi connectivity index (χ3n) is 2.94. The minimum atomic E-state index is -0.869. The van der Waals surface area contributed by atoms with E-state index in [4.69, 9.17) is 4.74 Å². The lowest BCUT2D eigenvalue weighted by atomic mass is 10.1. The highest BCUT2D eigenvalue weighted by atomic mass is 16.5. The lowest BCUT2D eigenvalue weighted by molar-refractivity contribution is -0.151. The second-order valence-corrected chi connectivity index (χ2v) is 4.10. The number of carbonyl (C=O) groups excluding carboxylic acids is 2. The van der Waals surface area contributed by atoms with Crippen LogP contribution in [0.25, 0.3) is 0 Å². The Morgan fingerprint density at radius 3 is 2.89 bits per heavy atom. The van der Waals surface area contributed by atoms with Crippen molar-refractivity contribution < 1.29 is 19.1 Å². The van der Waals surface area contributed by atoms with Gasteiger partial charge in [-0.3, -0.25) is 4.79 Å². The average Bonchev–Trinajstić information content (AvgIpc) is 2.44. The normalized spacial score (nSPS) is 13.2. The van der Waals surface area contributed by atoms with Crippen LogP contribution in [-0.2, 0) is 20.7 Å². The lowest BCUT2D eigenvalue weighted by Crippen LogP contribution is -2.34. The maximum Gasteiger partial charge on any atom is 0.397 e. The molecule has 0 aromatic heterocycles. The molecule has 1 aromatic carbocycles. The summed E-state index contributed by atoms with van der Waals surface area (Å²) in [6.45, 7) is 0.725. The highest BCUT2D eigenvalue weighted by Crippen LogP contribution is 2.28. The fourth-order valence-corrected chi connectivity index (χ4v) is 1.90. The Hall–Kier alpha value is -2.04. The Kier molecular flexibility index (Phi) is 3.50. The molecule has 0 N–H and O–H groups in total. The van der Waals surface area contributed by atoms with Crippen LogP contribution in [0, 0.1) is 0 Å². The van der Waals surface area contributed by atoms with Gasteiger partial charge in [-0.2, -0.15) is 0 Å². The van der Waals surface area contributed by atoms with Gasteiger partial charge in [0.1, 0.15) is 5.75 Å². The first-order valence-electron chi connectivity index (χ1n) is 5.75. The highest BCUT2D eigenvalue weighted by Gasteiger charge is 2.21. The van der Waals surface area contributed by atoms with Crippen molar-refractivity contribution in [3.8, 4) is 5.75 Å². The van der Waals surface area contributed by atoms with Crippen LogP contribution in [0.5, 0.6) is 5.75 Å². The number of anilines is 1. The minimum Gasteiger partial charge on any atom is -0.493 e. The maximum atomic E-state index is 11.7. The number of amides is 1. The lowest BCUT2D eigenvalue weighted by Gasteiger charge is -2.21. The summed E-state index contributed by atoms with van der Waals surface area (Å²) in [6, 6.07) is 5.45. The van der Waals surface area contributed by atoms with Crippen LogP contribution in [0.1, 0.15) is 12.0 Å². The molecule has 0 aliphatic carbocycles. The van der Waals surface area contributed by atoms with Crippen LogP contribution in [-0.4, -0.2) is 32.6 Å². The molecule has 0 atom stereocenters. The quantitative estimate of drug-likeness (QED) is 0.553. The molecule has 96 valence electrons. The largest absolute Gasteiger partial charge is 0.493 e. The zero-order chi connectivity index (χ0) is 13.1. The zero-order valence-corrected chi connectivity index (χ0v) is 10.4. The Bertz CT molecular complexity index is 484. The number of benzene rings is 1. The summed E-state index contributed by atoms with van der Waals surface area (Å²) in [6.07, 6.45) is 1.88. The Morgan fingerprint density at radius 1 is 1.39 bits per heavy atom. The zero-order valence-electron chi connectivity index (χ0n) is 10.4. The molecule has 1 heterocycles. The van der Waals surface area contributed by atoms with Crippen LogP contribution >= 0.6 is 0 Å². The molecule has 0 spiro atoms. The fraction of sp³-hybridized carbons (Fsp3) is 0.385. The number of methoxy groups -OCH3 is 1. The van der Waals surface area contributed by atoms with Gasteiger partial charge >= 0.3 is 11.9 Å². The summed E-state index contributed by atoms with van der Waals surface area (Å²) in [5.74, 6) is -0.704. The van der Waals surface area contributed by atoms with Crippen LogP contribution in [0.2, 0.25) is 0 Å². The topological polar surface area (TPSA) is 55.8 Å². The molecule has 18 heavy (non-hydrogen) atoms. The predicted molar refractivity (Wildman–Crippen MR) is 65.7 cm³/mol. The molecule has 0 fully saturated rings.